The van der Waals surface area contributed by atoms with Crippen LogP contribution in [0.15, 0.2) is 35.9 Å². The number of carbonyl (C=O) groups is 1. The fraction of sp³-hybridized carbons (Fsp3) is 0.654. The average Bonchev–Trinajstić information content (AvgIpc) is 2.61. The van der Waals surface area contributed by atoms with Gasteiger partial charge in [0.2, 0.25) is 0 Å². The third-order valence-electron chi connectivity index (χ3n) is 6.30. The maximum atomic E-state index is 12.1. The largest absolute Gasteiger partial charge is 0.456 e. The predicted molar refractivity (Wildman–Crippen MR) is 129 cm³/mol. The van der Waals surface area contributed by atoms with Crippen LogP contribution >= 0.6 is 0 Å². The Morgan fingerprint density at radius 1 is 1.03 bits per heavy atom. The van der Waals surface area contributed by atoms with E-state index < -0.39 is 13.9 Å². The second-order valence-electron chi connectivity index (χ2n) is 11.2. The molecule has 0 heterocycles. The molecule has 0 saturated heterocycles. The molecule has 30 heavy (non-hydrogen) atoms. The molecule has 0 bridgehead atoms. The lowest BCUT2D eigenvalue weighted by atomic mass is 9.91. The van der Waals surface area contributed by atoms with Crippen LogP contribution in [0.4, 0.5) is 0 Å². The SMILES string of the molecule is CC(C)(C)OC(=O)c1ccc(CCC=C2CCC(O[Si](C)(C)C(C)(C)C)CC2)cc1. The number of hydrogen-bond acceptors (Lipinski definition) is 3. The van der Waals surface area contributed by atoms with Gasteiger partial charge in [-0.25, -0.2) is 4.79 Å². The average molecular weight is 431 g/mol. The van der Waals surface area contributed by atoms with Crippen LogP contribution in [0.2, 0.25) is 18.1 Å². The second-order valence-corrected chi connectivity index (χ2v) is 15.9. The third-order valence-corrected chi connectivity index (χ3v) is 10.8. The summed E-state index contributed by atoms with van der Waals surface area (Å²) in [5.74, 6) is -0.257. The van der Waals surface area contributed by atoms with Gasteiger partial charge >= 0.3 is 5.97 Å². The highest BCUT2D eigenvalue weighted by Gasteiger charge is 2.39. The Kier molecular flexibility index (Phi) is 8.14. The number of carbonyl (C=O) groups excluding carboxylic acids is 1. The van der Waals surface area contributed by atoms with Gasteiger partial charge in [-0.3, -0.25) is 0 Å². The molecular weight excluding hydrogens is 388 g/mol. The molecular formula is C26H42O3Si. The van der Waals surface area contributed by atoms with Crippen LogP contribution < -0.4 is 0 Å². The molecule has 1 fully saturated rings. The molecule has 1 aromatic rings. The summed E-state index contributed by atoms with van der Waals surface area (Å²) in [4.78, 5) is 12.1. The number of hydrogen-bond donors (Lipinski definition) is 0. The topological polar surface area (TPSA) is 35.5 Å². The third kappa shape index (κ3) is 7.70. The van der Waals surface area contributed by atoms with Crippen LogP contribution in [0.5, 0.6) is 0 Å². The van der Waals surface area contributed by atoms with E-state index >= 15 is 0 Å². The van der Waals surface area contributed by atoms with Gasteiger partial charge in [0.05, 0.1) is 5.56 Å². The Hall–Kier alpha value is -1.39. The van der Waals surface area contributed by atoms with Gasteiger partial charge in [-0.15, -0.1) is 0 Å². The zero-order valence-electron chi connectivity index (χ0n) is 20.4. The summed E-state index contributed by atoms with van der Waals surface area (Å²) < 4.78 is 12.0. The lowest BCUT2D eigenvalue weighted by Crippen LogP contribution is -2.44. The van der Waals surface area contributed by atoms with Crippen molar-refractivity contribution in [3.05, 3.63) is 47.0 Å². The maximum absolute atomic E-state index is 12.1. The second kappa shape index (κ2) is 9.82. The Morgan fingerprint density at radius 2 is 1.60 bits per heavy atom. The molecule has 1 saturated carbocycles. The first-order valence-electron chi connectivity index (χ1n) is 11.4. The van der Waals surface area contributed by atoms with Crippen molar-refractivity contribution in [2.75, 3.05) is 0 Å². The van der Waals surface area contributed by atoms with E-state index in [2.05, 4.69) is 39.9 Å². The fourth-order valence-electron chi connectivity index (χ4n) is 3.46. The summed E-state index contributed by atoms with van der Waals surface area (Å²) in [6.45, 7) is 17.3. The maximum Gasteiger partial charge on any atom is 0.338 e. The quantitative estimate of drug-likeness (QED) is 0.267. The minimum absolute atomic E-state index is 0.257. The lowest BCUT2D eigenvalue weighted by molar-refractivity contribution is 0.00695. The van der Waals surface area contributed by atoms with Crippen molar-refractivity contribution in [2.24, 2.45) is 0 Å². The van der Waals surface area contributed by atoms with Crippen molar-refractivity contribution in [1.82, 2.24) is 0 Å². The molecule has 0 aromatic heterocycles. The van der Waals surface area contributed by atoms with E-state index in [1.54, 1.807) is 5.57 Å². The molecule has 4 heteroatoms. The highest BCUT2D eigenvalue weighted by atomic mass is 28.4. The minimum Gasteiger partial charge on any atom is -0.456 e. The molecule has 0 aliphatic heterocycles. The molecule has 0 radical (unpaired) electrons. The van der Waals surface area contributed by atoms with E-state index in [1.165, 1.54) is 5.56 Å². The summed E-state index contributed by atoms with van der Waals surface area (Å²) in [7, 11) is -1.66. The number of aryl methyl sites for hydroxylation is 1. The van der Waals surface area contributed by atoms with Crippen LogP contribution in [-0.4, -0.2) is 26.0 Å². The first kappa shape index (κ1) is 24.9. The number of benzene rings is 1. The summed E-state index contributed by atoms with van der Waals surface area (Å²) in [6.07, 6.45) is 9.55. The number of allylic oxidation sites excluding steroid dienone is 2. The number of esters is 1. The molecule has 3 nitrogen and oxygen atoms in total. The smallest absolute Gasteiger partial charge is 0.338 e. The highest BCUT2D eigenvalue weighted by molar-refractivity contribution is 6.74. The molecule has 1 aromatic carbocycles. The Morgan fingerprint density at radius 3 is 2.10 bits per heavy atom. The lowest BCUT2D eigenvalue weighted by Gasteiger charge is -2.40. The van der Waals surface area contributed by atoms with Crippen molar-refractivity contribution in [1.29, 1.82) is 0 Å². The summed E-state index contributed by atoms with van der Waals surface area (Å²) in [5.41, 5.74) is 2.99. The molecule has 168 valence electrons. The summed E-state index contributed by atoms with van der Waals surface area (Å²) >= 11 is 0. The molecule has 2 rings (SSSR count). The van der Waals surface area contributed by atoms with Crippen LogP contribution in [0.25, 0.3) is 0 Å². The van der Waals surface area contributed by atoms with Crippen LogP contribution in [-0.2, 0) is 15.6 Å². The van der Waals surface area contributed by atoms with Gasteiger partial charge in [-0.1, -0.05) is 44.6 Å². The zero-order chi connectivity index (χ0) is 22.6. The molecule has 1 aliphatic carbocycles. The first-order valence-corrected chi connectivity index (χ1v) is 14.4. The van der Waals surface area contributed by atoms with Crippen molar-refractivity contribution < 1.29 is 14.0 Å². The summed E-state index contributed by atoms with van der Waals surface area (Å²) in [6, 6.07) is 7.84. The van der Waals surface area contributed by atoms with Crippen LogP contribution in [0.3, 0.4) is 0 Å². The van der Waals surface area contributed by atoms with Gasteiger partial charge in [-0.05, 0) is 95.1 Å². The minimum atomic E-state index is -1.66. The summed E-state index contributed by atoms with van der Waals surface area (Å²) in [5, 5.41) is 0.280. The monoisotopic (exact) mass is 430 g/mol. The molecule has 0 amide bonds. The van der Waals surface area contributed by atoms with Gasteiger partial charge in [0.25, 0.3) is 0 Å². The predicted octanol–water partition coefficient (Wildman–Crippen LogP) is 7.47. The highest BCUT2D eigenvalue weighted by Crippen LogP contribution is 2.39. The van der Waals surface area contributed by atoms with Crippen molar-refractivity contribution in [2.45, 2.75) is 110 Å². The van der Waals surface area contributed by atoms with Crippen molar-refractivity contribution in [3.8, 4) is 0 Å². The van der Waals surface area contributed by atoms with Crippen molar-refractivity contribution >= 4 is 14.3 Å². The number of rotatable bonds is 6. The molecule has 0 spiro atoms. The molecule has 0 N–H and O–H groups in total. The van der Waals surface area contributed by atoms with E-state index in [0.717, 1.165) is 38.5 Å². The van der Waals surface area contributed by atoms with Gasteiger partial charge in [0.15, 0.2) is 8.32 Å². The van der Waals surface area contributed by atoms with Gasteiger partial charge in [0, 0.05) is 6.10 Å². The van der Waals surface area contributed by atoms with E-state index in [9.17, 15) is 4.79 Å². The van der Waals surface area contributed by atoms with Crippen molar-refractivity contribution in [3.63, 3.8) is 0 Å². The Balaban J connectivity index is 1.78. The number of ether oxygens (including phenoxy) is 1. The molecule has 0 atom stereocenters. The van der Waals surface area contributed by atoms with E-state index in [-0.39, 0.29) is 11.0 Å². The van der Waals surface area contributed by atoms with E-state index in [4.69, 9.17) is 9.16 Å². The Bertz CT molecular complexity index is 723. The van der Waals surface area contributed by atoms with E-state index in [1.807, 2.05) is 45.0 Å². The Labute approximate surface area is 185 Å². The first-order chi connectivity index (χ1) is 13.8. The fourth-order valence-corrected chi connectivity index (χ4v) is 4.89. The standard InChI is InChI=1S/C26H42O3Si/c1-25(2,3)28-24(27)22-16-12-20(13-17-22)10-9-11-21-14-18-23(19-15-21)29-30(7,8)26(4,5)6/h11-13,16-17,23H,9-10,14-15,18-19H2,1-8H3. The molecule has 1 aliphatic rings. The van der Waals surface area contributed by atoms with Crippen LogP contribution in [0.1, 0.15) is 89.6 Å². The van der Waals surface area contributed by atoms with Gasteiger partial charge < -0.3 is 9.16 Å². The normalized spacial score (nSPS) is 18.3. The van der Waals surface area contributed by atoms with E-state index in [0.29, 0.717) is 11.7 Å². The van der Waals surface area contributed by atoms with Gasteiger partial charge in [0.1, 0.15) is 5.60 Å². The zero-order valence-corrected chi connectivity index (χ0v) is 21.4. The van der Waals surface area contributed by atoms with Gasteiger partial charge in [-0.2, -0.15) is 0 Å². The molecule has 0 unspecified atom stereocenters. The van der Waals surface area contributed by atoms with Crippen LogP contribution in [0, 0.1) is 0 Å².